The number of imidazole rings is 1. The summed E-state index contributed by atoms with van der Waals surface area (Å²) in [5.41, 5.74) is 0.931. The minimum Gasteiger partial charge on any atom is -0.439 e. The molecule has 0 radical (unpaired) electrons. The molecule has 0 atom stereocenters. The van der Waals surface area contributed by atoms with E-state index < -0.39 is 0 Å². The van der Waals surface area contributed by atoms with Gasteiger partial charge < -0.3 is 10.1 Å². The van der Waals surface area contributed by atoms with E-state index in [4.69, 9.17) is 27.9 Å². The molecule has 0 fully saturated rings. The van der Waals surface area contributed by atoms with Crippen LogP contribution in [0.15, 0.2) is 67.3 Å². The summed E-state index contributed by atoms with van der Waals surface area (Å²) in [6.45, 7) is 1.88. The summed E-state index contributed by atoms with van der Waals surface area (Å²) < 4.78 is 7.63. The van der Waals surface area contributed by atoms with Crippen molar-refractivity contribution < 1.29 is 9.53 Å². The number of ether oxygens (including phenoxy) is 1. The topological polar surface area (TPSA) is 81.9 Å². The van der Waals surface area contributed by atoms with E-state index in [1.807, 2.05) is 17.7 Å². The number of aryl methyl sites for hydroxylation is 1. The van der Waals surface area contributed by atoms with Gasteiger partial charge in [0.1, 0.15) is 23.7 Å². The number of carbonyl (C=O) groups is 1. The van der Waals surface area contributed by atoms with Gasteiger partial charge in [-0.25, -0.2) is 15.0 Å². The van der Waals surface area contributed by atoms with E-state index in [0.717, 1.165) is 5.82 Å². The van der Waals surface area contributed by atoms with Crippen LogP contribution < -0.4 is 10.1 Å². The van der Waals surface area contributed by atoms with Crippen molar-refractivity contribution in [2.75, 3.05) is 5.32 Å². The van der Waals surface area contributed by atoms with Crippen LogP contribution in [0, 0.1) is 6.92 Å². The van der Waals surface area contributed by atoms with Crippen LogP contribution in [0.3, 0.4) is 0 Å². The van der Waals surface area contributed by atoms with Crippen molar-refractivity contribution in [2.45, 2.75) is 6.92 Å². The maximum absolute atomic E-state index is 12.4. The number of carbonyl (C=O) groups excluding carboxylic acids is 1. The van der Waals surface area contributed by atoms with E-state index in [0.29, 0.717) is 33.7 Å². The zero-order valence-electron chi connectivity index (χ0n) is 15.7. The van der Waals surface area contributed by atoms with Gasteiger partial charge in [0.25, 0.3) is 5.91 Å². The number of nitrogens with zero attached hydrogens (tertiary/aromatic N) is 4. The Bertz CT molecular complexity index is 1210. The lowest BCUT2D eigenvalue weighted by atomic mass is 10.2. The lowest BCUT2D eigenvalue weighted by Gasteiger charge is -2.09. The molecule has 0 aliphatic carbocycles. The van der Waals surface area contributed by atoms with Crippen LogP contribution in [0.5, 0.6) is 11.6 Å². The van der Waals surface area contributed by atoms with Gasteiger partial charge in [0, 0.05) is 29.2 Å². The van der Waals surface area contributed by atoms with Crippen LogP contribution in [0.4, 0.5) is 5.69 Å². The van der Waals surface area contributed by atoms with Crippen LogP contribution in [0.1, 0.15) is 16.2 Å². The molecule has 1 amide bonds. The summed E-state index contributed by atoms with van der Waals surface area (Å²) in [6, 6.07) is 13.3. The van der Waals surface area contributed by atoms with Gasteiger partial charge in [-0.2, -0.15) is 0 Å². The van der Waals surface area contributed by atoms with E-state index in [1.165, 1.54) is 12.4 Å². The van der Waals surface area contributed by atoms with Gasteiger partial charge in [-0.15, -0.1) is 0 Å². The largest absolute Gasteiger partial charge is 0.439 e. The molecule has 0 aliphatic rings. The van der Waals surface area contributed by atoms with Crippen LogP contribution in [0.2, 0.25) is 10.0 Å². The molecule has 0 saturated carbocycles. The first-order valence-corrected chi connectivity index (χ1v) is 9.62. The van der Waals surface area contributed by atoms with Crippen molar-refractivity contribution in [3.05, 3.63) is 88.7 Å². The van der Waals surface area contributed by atoms with E-state index >= 15 is 0 Å². The highest BCUT2D eigenvalue weighted by atomic mass is 35.5. The fraction of sp³-hybridized carbons (Fsp3) is 0.0476. The second-order valence-corrected chi connectivity index (χ2v) is 7.11. The summed E-state index contributed by atoms with van der Waals surface area (Å²) in [4.78, 5) is 25.0. The first kappa shape index (κ1) is 19.9. The summed E-state index contributed by atoms with van der Waals surface area (Å²) in [6.07, 6.45) is 4.93. The van der Waals surface area contributed by atoms with E-state index in [-0.39, 0.29) is 10.9 Å². The molecule has 0 saturated heterocycles. The van der Waals surface area contributed by atoms with Gasteiger partial charge in [-0.05, 0) is 49.4 Å². The number of nitrogens with one attached hydrogen (secondary N) is 1. The van der Waals surface area contributed by atoms with E-state index in [9.17, 15) is 4.79 Å². The minimum absolute atomic E-state index is 0.285. The molecular weight excluding hydrogens is 425 g/mol. The third-order valence-corrected chi connectivity index (χ3v) is 4.76. The molecule has 0 spiro atoms. The SMILES string of the molecule is Cc1nccn1-c1cc(Oc2ccc(NC(=O)c3ccc(Cl)cc3Cl)cc2)ncn1. The molecule has 9 heteroatoms. The normalized spacial score (nSPS) is 10.6. The zero-order chi connectivity index (χ0) is 21.1. The van der Waals surface area contributed by atoms with E-state index in [1.54, 1.807) is 48.7 Å². The van der Waals surface area contributed by atoms with Gasteiger partial charge in [0.2, 0.25) is 5.88 Å². The highest BCUT2D eigenvalue weighted by molar-refractivity contribution is 6.37. The molecule has 7 nitrogen and oxygen atoms in total. The van der Waals surface area contributed by atoms with Crippen molar-refractivity contribution >= 4 is 34.8 Å². The minimum atomic E-state index is -0.332. The van der Waals surface area contributed by atoms with Gasteiger partial charge in [0.05, 0.1) is 10.6 Å². The van der Waals surface area contributed by atoms with Crippen molar-refractivity contribution in [1.29, 1.82) is 0 Å². The first-order chi connectivity index (χ1) is 14.5. The number of benzene rings is 2. The number of rotatable bonds is 5. The Kier molecular flexibility index (Phi) is 5.65. The quantitative estimate of drug-likeness (QED) is 0.454. The van der Waals surface area contributed by atoms with Gasteiger partial charge in [-0.3, -0.25) is 9.36 Å². The second-order valence-electron chi connectivity index (χ2n) is 6.26. The summed E-state index contributed by atoms with van der Waals surface area (Å²) in [5.74, 6) is 2.07. The van der Waals surface area contributed by atoms with Crippen molar-refractivity contribution in [2.24, 2.45) is 0 Å². The summed E-state index contributed by atoms with van der Waals surface area (Å²) in [7, 11) is 0. The highest BCUT2D eigenvalue weighted by Gasteiger charge is 2.11. The molecule has 150 valence electrons. The number of amides is 1. The number of anilines is 1. The molecule has 2 aromatic carbocycles. The van der Waals surface area contributed by atoms with Gasteiger partial charge >= 0.3 is 0 Å². The molecule has 30 heavy (non-hydrogen) atoms. The van der Waals surface area contributed by atoms with Crippen LogP contribution >= 0.6 is 23.2 Å². The maximum Gasteiger partial charge on any atom is 0.257 e. The summed E-state index contributed by atoms with van der Waals surface area (Å²) in [5, 5.41) is 3.54. The average Bonchev–Trinajstić information content (AvgIpc) is 3.15. The Balaban J connectivity index is 1.45. The molecule has 0 unspecified atom stereocenters. The molecule has 0 aliphatic heterocycles. The Labute approximate surface area is 182 Å². The van der Waals surface area contributed by atoms with E-state index in [2.05, 4.69) is 20.3 Å². The van der Waals surface area contributed by atoms with Crippen LogP contribution in [-0.4, -0.2) is 25.4 Å². The molecule has 4 aromatic rings. The number of halogens is 2. The molecule has 1 N–H and O–H groups in total. The lowest BCUT2D eigenvalue weighted by Crippen LogP contribution is -2.12. The monoisotopic (exact) mass is 439 g/mol. The molecule has 2 heterocycles. The van der Waals surface area contributed by atoms with Crippen LogP contribution in [-0.2, 0) is 0 Å². The van der Waals surface area contributed by atoms with Crippen molar-refractivity contribution in [3.8, 4) is 17.4 Å². The average molecular weight is 440 g/mol. The van der Waals surface area contributed by atoms with Crippen molar-refractivity contribution in [1.82, 2.24) is 19.5 Å². The third kappa shape index (κ3) is 4.42. The predicted octanol–water partition coefficient (Wildman–Crippen LogP) is 5.32. The number of hydrogen-bond donors (Lipinski definition) is 1. The molecule has 2 aromatic heterocycles. The van der Waals surface area contributed by atoms with Crippen molar-refractivity contribution in [3.63, 3.8) is 0 Å². The smallest absolute Gasteiger partial charge is 0.257 e. The molecular formula is C21H15Cl2N5O2. The Hall–Kier alpha value is -3.42. The Morgan fingerprint density at radius 2 is 1.83 bits per heavy atom. The number of hydrogen-bond acceptors (Lipinski definition) is 5. The standard InChI is InChI=1S/C21H15Cl2N5O2/c1-13-24-8-9-28(13)19-11-20(26-12-25-19)30-16-5-3-15(4-6-16)27-21(29)17-7-2-14(22)10-18(17)23/h2-12H,1H3,(H,27,29). The van der Waals surface area contributed by atoms with Gasteiger partial charge in [0.15, 0.2) is 0 Å². The zero-order valence-corrected chi connectivity index (χ0v) is 17.2. The fourth-order valence-corrected chi connectivity index (χ4v) is 3.23. The first-order valence-electron chi connectivity index (χ1n) is 8.86. The van der Waals surface area contributed by atoms with Crippen LogP contribution in [0.25, 0.3) is 5.82 Å². The van der Waals surface area contributed by atoms with Gasteiger partial charge in [-0.1, -0.05) is 23.2 Å². The second kappa shape index (κ2) is 8.52. The molecule has 0 bridgehead atoms. The predicted molar refractivity (Wildman–Crippen MR) is 115 cm³/mol. The lowest BCUT2D eigenvalue weighted by molar-refractivity contribution is 0.102. The Morgan fingerprint density at radius 1 is 1.03 bits per heavy atom. The fourth-order valence-electron chi connectivity index (χ4n) is 2.74. The highest BCUT2D eigenvalue weighted by Crippen LogP contribution is 2.25. The third-order valence-electron chi connectivity index (χ3n) is 4.21. The summed E-state index contributed by atoms with van der Waals surface area (Å²) >= 11 is 12.0. The molecule has 4 rings (SSSR count). The maximum atomic E-state index is 12.4. The Morgan fingerprint density at radius 3 is 2.53 bits per heavy atom. The number of aromatic nitrogens is 4.